The molecular weight excluding hydrogens is 276 g/mol. The number of hydrogen-bond acceptors (Lipinski definition) is 3. The van der Waals surface area contributed by atoms with Crippen molar-refractivity contribution >= 4 is 5.78 Å². The number of carbonyl (C=O) groups excluding carboxylic acids is 1. The van der Waals surface area contributed by atoms with Gasteiger partial charge in [0.2, 0.25) is 0 Å². The topological polar surface area (TPSA) is 57.5 Å². The average molecular weight is 308 g/mol. The van der Waals surface area contributed by atoms with Gasteiger partial charge in [0.1, 0.15) is 6.10 Å². The molecule has 4 bridgehead atoms. The third-order valence-electron chi connectivity index (χ3n) is 7.45. The molecule has 0 heterocycles. The molecule has 0 aromatic heterocycles. The van der Waals surface area contributed by atoms with Crippen LogP contribution in [0.5, 0.6) is 0 Å². The van der Waals surface area contributed by atoms with Crippen LogP contribution in [-0.4, -0.2) is 27.7 Å². The lowest BCUT2D eigenvalue weighted by atomic mass is 9.47. The van der Waals surface area contributed by atoms with E-state index in [2.05, 4.69) is 27.7 Å². The van der Waals surface area contributed by atoms with E-state index in [4.69, 9.17) is 0 Å². The minimum absolute atomic E-state index is 0.0271. The van der Waals surface area contributed by atoms with E-state index < -0.39 is 11.7 Å². The third kappa shape index (κ3) is 2.19. The molecule has 3 nitrogen and oxygen atoms in total. The molecule has 0 aliphatic heterocycles. The zero-order valence-corrected chi connectivity index (χ0v) is 14.5. The van der Waals surface area contributed by atoms with E-state index in [9.17, 15) is 15.0 Å². The van der Waals surface area contributed by atoms with Crippen molar-refractivity contribution in [2.24, 2.45) is 41.4 Å². The Morgan fingerprint density at radius 3 is 2.45 bits per heavy atom. The summed E-state index contributed by atoms with van der Waals surface area (Å²) < 4.78 is 0. The second kappa shape index (κ2) is 5.59. The molecule has 3 saturated carbocycles. The number of ketones is 1. The fourth-order valence-electron chi connectivity index (χ4n) is 6.16. The molecule has 3 fully saturated rings. The van der Waals surface area contributed by atoms with Crippen molar-refractivity contribution < 1.29 is 15.0 Å². The van der Waals surface area contributed by atoms with Crippen LogP contribution in [0.3, 0.4) is 0 Å². The maximum atomic E-state index is 12.4. The molecule has 0 aromatic carbocycles. The van der Waals surface area contributed by atoms with E-state index >= 15 is 0 Å². The highest BCUT2D eigenvalue weighted by atomic mass is 16.3. The van der Waals surface area contributed by atoms with Crippen LogP contribution in [0.1, 0.15) is 59.8 Å². The van der Waals surface area contributed by atoms with Crippen molar-refractivity contribution in [3.63, 3.8) is 0 Å². The van der Waals surface area contributed by atoms with Crippen LogP contribution in [0.4, 0.5) is 0 Å². The van der Waals surface area contributed by atoms with Crippen LogP contribution in [0.25, 0.3) is 0 Å². The number of rotatable bonds is 1. The van der Waals surface area contributed by atoms with E-state index in [1.54, 1.807) is 0 Å². The summed E-state index contributed by atoms with van der Waals surface area (Å²) >= 11 is 0. The predicted molar refractivity (Wildman–Crippen MR) is 86.2 cm³/mol. The Morgan fingerprint density at radius 2 is 1.82 bits per heavy atom. The normalized spacial score (nSPS) is 52.3. The van der Waals surface area contributed by atoms with Gasteiger partial charge in [-0.05, 0) is 54.8 Å². The summed E-state index contributed by atoms with van der Waals surface area (Å²) in [6, 6.07) is 0. The fraction of sp³-hybridized carbons (Fsp3) is 0.947. The van der Waals surface area contributed by atoms with Gasteiger partial charge < -0.3 is 10.2 Å². The van der Waals surface area contributed by atoms with E-state index in [-0.39, 0.29) is 29.5 Å². The van der Waals surface area contributed by atoms with Crippen LogP contribution in [-0.2, 0) is 4.79 Å². The van der Waals surface area contributed by atoms with Crippen LogP contribution in [0, 0.1) is 41.4 Å². The van der Waals surface area contributed by atoms with Gasteiger partial charge in [-0.2, -0.15) is 0 Å². The van der Waals surface area contributed by atoms with Crippen LogP contribution in [0.2, 0.25) is 0 Å². The number of Topliss-reactive ketones (excluding diaryl/α,β-unsaturated/α-hetero) is 1. The van der Waals surface area contributed by atoms with Crippen molar-refractivity contribution in [2.45, 2.75) is 71.5 Å². The van der Waals surface area contributed by atoms with Gasteiger partial charge in [-0.25, -0.2) is 0 Å². The molecule has 2 N–H and O–H groups in total. The first kappa shape index (κ1) is 16.4. The minimum atomic E-state index is -0.958. The summed E-state index contributed by atoms with van der Waals surface area (Å²) in [7, 11) is 0. The highest BCUT2D eigenvalue weighted by Gasteiger charge is 2.62. The largest absolute Gasteiger partial charge is 0.389 e. The molecule has 0 aromatic rings. The molecule has 3 heteroatoms. The molecule has 3 aliphatic rings. The lowest BCUT2D eigenvalue weighted by Crippen LogP contribution is -2.67. The summed E-state index contributed by atoms with van der Waals surface area (Å²) in [5, 5.41) is 22.4. The Kier molecular flexibility index (Phi) is 4.18. The third-order valence-corrected chi connectivity index (χ3v) is 7.45. The monoisotopic (exact) mass is 308 g/mol. The Bertz CT molecular complexity index is 446. The van der Waals surface area contributed by atoms with E-state index in [0.717, 1.165) is 19.3 Å². The predicted octanol–water partition coefficient (Wildman–Crippen LogP) is 3.03. The van der Waals surface area contributed by atoms with Gasteiger partial charge in [-0.15, -0.1) is 0 Å². The smallest absolute Gasteiger partial charge is 0.162 e. The molecule has 0 spiro atoms. The number of aliphatic hydroxyl groups excluding tert-OH is 1. The van der Waals surface area contributed by atoms with Gasteiger partial charge in [0.15, 0.2) is 5.78 Å². The van der Waals surface area contributed by atoms with Gasteiger partial charge in [-0.3, -0.25) is 4.79 Å². The molecule has 0 radical (unpaired) electrons. The van der Waals surface area contributed by atoms with E-state index in [1.165, 1.54) is 6.42 Å². The Hall–Kier alpha value is -0.410. The first-order valence-electron chi connectivity index (χ1n) is 9.21. The Balaban J connectivity index is 2.10. The van der Waals surface area contributed by atoms with Gasteiger partial charge in [0.05, 0.1) is 5.60 Å². The number of carbonyl (C=O) groups is 1. The molecule has 3 unspecified atom stereocenters. The number of aliphatic hydroxyl groups is 2. The highest BCUT2D eigenvalue weighted by molar-refractivity contribution is 5.85. The van der Waals surface area contributed by atoms with Crippen molar-refractivity contribution in [1.29, 1.82) is 0 Å². The molecule has 126 valence electrons. The molecule has 8 atom stereocenters. The van der Waals surface area contributed by atoms with E-state index in [1.807, 2.05) is 0 Å². The molecule has 0 amide bonds. The standard InChI is InChI=1S/C19H32O3/c1-10(2)13-7-5-11(3)15-9-16(20)18(21)17-14(13)8-6-12(4)19(15,17)22/h10-15,17-18,21-22H,5-9H2,1-4H3/t11-,12+,13+,14+,15+,17?,18?,19?/m1/s1. The lowest BCUT2D eigenvalue weighted by Gasteiger charge is -2.60. The summed E-state index contributed by atoms with van der Waals surface area (Å²) in [5.41, 5.74) is -0.858. The zero-order valence-electron chi connectivity index (χ0n) is 14.5. The van der Waals surface area contributed by atoms with Crippen molar-refractivity contribution in [2.75, 3.05) is 0 Å². The van der Waals surface area contributed by atoms with Crippen LogP contribution >= 0.6 is 0 Å². The minimum Gasteiger partial charge on any atom is -0.389 e. The van der Waals surface area contributed by atoms with Gasteiger partial charge >= 0.3 is 0 Å². The molecule has 22 heavy (non-hydrogen) atoms. The molecule has 3 aliphatic carbocycles. The van der Waals surface area contributed by atoms with Crippen LogP contribution in [0.15, 0.2) is 0 Å². The van der Waals surface area contributed by atoms with Crippen LogP contribution < -0.4 is 0 Å². The summed E-state index contributed by atoms with van der Waals surface area (Å²) in [5.74, 6) is 1.60. The van der Waals surface area contributed by atoms with Gasteiger partial charge in [-0.1, -0.05) is 34.1 Å². The molecular formula is C19H32O3. The SMILES string of the molecule is CC(C)[C@@H]1CC[C@@H](C)[C@@H]2CC(=O)C(O)C3[C@H]1CC[C@H](C)C32O. The van der Waals surface area contributed by atoms with Gasteiger partial charge in [0, 0.05) is 12.3 Å². The summed E-state index contributed by atoms with van der Waals surface area (Å²) in [6.07, 6.45) is 3.73. The van der Waals surface area contributed by atoms with Gasteiger partial charge in [0.25, 0.3) is 0 Å². The van der Waals surface area contributed by atoms with Crippen molar-refractivity contribution in [3.05, 3.63) is 0 Å². The maximum absolute atomic E-state index is 12.4. The van der Waals surface area contributed by atoms with E-state index in [0.29, 0.717) is 24.2 Å². The lowest BCUT2D eigenvalue weighted by molar-refractivity contribution is -0.226. The fourth-order valence-corrected chi connectivity index (χ4v) is 6.16. The molecule has 0 saturated heterocycles. The summed E-state index contributed by atoms with van der Waals surface area (Å²) in [4.78, 5) is 12.4. The zero-order chi connectivity index (χ0) is 16.2. The second-order valence-electron chi connectivity index (χ2n) is 8.74. The highest BCUT2D eigenvalue weighted by Crippen LogP contribution is 2.58. The van der Waals surface area contributed by atoms with Crippen molar-refractivity contribution in [3.8, 4) is 0 Å². The first-order chi connectivity index (χ1) is 10.3. The Morgan fingerprint density at radius 1 is 1.14 bits per heavy atom. The maximum Gasteiger partial charge on any atom is 0.162 e. The Labute approximate surface area is 134 Å². The summed E-state index contributed by atoms with van der Waals surface area (Å²) in [6.45, 7) is 8.83. The quantitative estimate of drug-likeness (QED) is 0.783. The second-order valence-corrected chi connectivity index (χ2v) is 8.74. The first-order valence-corrected chi connectivity index (χ1v) is 9.21. The number of hydrogen-bond donors (Lipinski definition) is 2. The molecule has 3 rings (SSSR count). The average Bonchev–Trinajstić information content (AvgIpc) is 2.45. The van der Waals surface area contributed by atoms with Crippen molar-refractivity contribution in [1.82, 2.24) is 0 Å².